The third kappa shape index (κ3) is 49.7. The van der Waals surface area contributed by atoms with Crippen molar-refractivity contribution >= 4 is 17.9 Å². The van der Waals surface area contributed by atoms with Crippen LogP contribution in [-0.4, -0.2) is 37.2 Å². The highest BCUT2D eigenvalue weighted by atomic mass is 16.6. The van der Waals surface area contributed by atoms with Gasteiger partial charge in [-0.05, 0) is 77.0 Å². The summed E-state index contributed by atoms with van der Waals surface area (Å²) in [6, 6.07) is 0. The first-order valence-electron chi connectivity index (χ1n) is 26.4. The number of carbonyl (C=O) groups excluding carboxylic acids is 3. The highest BCUT2D eigenvalue weighted by Crippen LogP contribution is 2.13. The lowest BCUT2D eigenvalue weighted by atomic mass is 10.1. The van der Waals surface area contributed by atoms with E-state index in [1.165, 1.54) is 154 Å². The Morgan fingerprint density at radius 3 is 0.873 bits per heavy atom. The second kappa shape index (κ2) is 51.5. The van der Waals surface area contributed by atoms with E-state index in [1.807, 2.05) is 18.2 Å². The van der Waals surface area contributed by atoms with Crippen molar-refractivity contribution < 1.29 is 28.6 Å². The molecule has 0 aromatic carbocycles. The van der Waals surface area contributed by atoms with Crippen LogP contribution in [0.2, 0.25) is 0 Å². The first kappa shape index (κ1) is 59.9. The smallest absolute Gasteiger partial charge is 0.306 e. The summed E-state index contributed by atoms with van der Waals surface area (Å²) < 4.78 is 16.6. The molecule has 0 rings (SSSR count). The lowest BCUT2D eigenvalue weighted by Crippen LogP contribution is -2.30. The van der Waals surface area contributed by atoms with E-state index in [0.29, 0.717) is 19.3 Å². The first-order valence-corrected chi connectivity index (χ1v) is 26.4. The van der Waals surface area contributed by atoms with E-state index in [1.54, 1.807) is 0 Å². The van der Waals surface area contributed by atoms with Crippen LogP contribution >= 0.6 is 0 Å². The van der Waals surface area contributed by atoms with Crippen molar-refractivity contribution in [2.75, 3.05) is 13.2 Å². The molecule has 0 aliphatic heterocycles. The molecule has 362 valence electrons. The Morgan fingerprint density at radius 1 is 0.317 bits per heavy atom. The molecular weight excluding hydrogens is 781 g/mol. The SMILES string of the molecule is CCCCCCCCCCC=CCC=CCCC(=O)OCC(COC(=O)CCC=CCC=CCCCCCCCCCC)OC(=O)CCC=CCC=CCCCCCCCCCC. The normalized spacial score (nSPS) is 12.6. The molecule has 0 amide bonds. The van der Waals surface area contributed by atoms with Crippen LogP contribution in [0.3, 0.4) is 0 Å². The van der Waals surface area contributed by atoms with Gasteiger partial charge in [-0.2, -0.15) is 0 Å². The van der Waals surface area contributed by atoms with Gasteiger partial charge < -0.3 is 14.2 Å². The second-order valence-electron chi connectivity index (χ2n) is 17.4. The number of unbranched alkanes of at least 4 members (excludes halogenated alkanes) is 24. The summed E-state index contributed by atoms with van der Waals surface area (Å²) in [6.07, 6.45) is 65.0. The molecule has 0 atom stereocenters. The summed E-state index contributed by atoms with van der Waals surface area (Å²) in [4.78, 5) is 37.9. The van der Waals surface area contributed by atoms with Crippen LogP contribution in [-0.2, 0) is 28.6 Å². The molecule has 0 aliphatic rings. The minimum Gasteiger partial charge on any atom is -0.462 e. The zero-order valence-electron chi connectivity index (χ0n) is 41.3. The lowest BCUT2D eigenvalue weighted by molar-refractivity contribution is -0.166. The number of ether oxygens (including phenoxy) is 3. The standard InChI is InChI=1S/C57H98O6/c1-4-7-10-13-16-19-22-25-28-31-34-37-40-43-46-49-55(58)61-52-54(63-57(60)51-48-45-42-39-36-33-30-27-24-21-18-15-12-9-6-3)53-62-56(59)50-47-44-41-38-35-32-29-26-23-20-17-14-11-8-5-2/h31-36,40-45,54H,4-30,37-39,46-53H2,1-3H3. The highest BCUT2D eigenvalue weighted by molar-refractivity contribution is 5.71. The number of rotatable bonds is 47. The molecule has 0 saturated carbocycles. The second-order valence-corrected chi connectivity index (χ2v) is 17.4. The van der Waals surface area contributed by atoms with Crippen molar-refractivity contribution in [3.8, 4) is 0 Å². The van der Waals surface area contributed by atoms with Crippen LogP contribution in [0.15, 0.2) is 72.9 Å². The zero-order valence-corrected chi connectivity index (χ0v) is 41.3. The van der Waals surface area contributed by atoms with E-state index in [2.05, 4.69) is 75.5 Å². The van der Waals surface area contributed by atoms with Crippen molar-refractivity contribution in [2.24, 2.45) is 0 Å². The van der Waals surface area contributed by atoms with Gasteiger partial charge in [-0.1, -0.05) is 229 Å². The highest BCUT2D eigenvalue weighted by Gasteiger charge is 2.19. The maximum Gasteiger partial charge on any atom is 0.306 e. The molecule has 0 unspecified atom stereocenters. The largest absolute Gasteiger partial charge is 0.462 e. The van der Waals surface area contributed by atoms with Gasteiger partial charge in [-0.3, -0.25) is 14.4 Å². The van der Waals surface area contributed by atoms with Crippen molar-refractivity contribution in [2.45, 2.75) is 258 Å². The van der Waals surface area contributed by atoms with Crippen molar-refractivity contribution in [1.29, 1.82) is 0 Å². The lowest BCUT2D eigenvalue weighted by Gasteiger charge is -2.18. The Kier molecular flexibility index (Phi) is 48.9. The molecule has 0 heterocycles. The van der Waals surface area contributed by atoms with Gasteiger partial charge in [-0.25, -0.2) is 0 Å². The van der Waals surface area contributed by atoms with E-state index < -0.39 is 12.1 Å². The molecule has 0 radical (unpaired) electrons. The maximum absolute atomic E-state index is 12.8. The van der Waals surface area contributed by atoms with E-state index in [9.17, 15) is 14.4 Å². The fraction of sp³-hybridized carbons (Fsp3) is 0.737. The number of esters is 3. The quantitative estimate of drug-likeness (QED) is 0.0262. The summed E-state index contributed by atoms with van der Waals surface area (Å²) in [7, 11) is 0. The molecule has 63 heavy (non-hydrogen) atoms. The number of hydrogen-bond acceptors (Lipinski definition) is 6. The van der Waals surface area contributed by atoms with Gasteiger partial charge in [0.25, 0.3) is 0 Å². The Bertz CT molecular complexity index is 1130. The molecule has 0 aromatic heterocycles. The average molecular weight is 879 g/mol. The molecule has 0 spiro atoms. The Morgan fingerprint density at radius 2 is 0.571 bits per heavy atom. The molecule has 0 saturated heterocycles. The number of allylic oxidation sites excluding steroid dienone is 12. The molecule has 6 heteroatoms. The zero-order chi connectivity index (χ0) is 45.8. The molecule has 0 aliphatic carbocycles. The van der Waals surface area contributed by atoms with E-state index >= 15 is 0 Å². The van der Waals surface area contributed by atoms with Crippen LogP contribution in [0.4, 0.5) is 0 Å². The molecule has 0 bridgehead atoms. The van der Waals surface area contributed by atoms with Gasteiger partial charge in [0.15, 0.2) is 6.10 Å². The summed E-state index contributed by atoms with van der Waals surface area (Å²) in [5, 5.41) is 0. The minimum absolute atomic E-state index is 0.145. The van der Waals surface area contributed by atoms with Crippen molar-refractivity contribution in [1.82, 2.24) is 0 Å². The van der Waals surface area contributed by atoms with Gasteiger partial charge in [0.05, 0.1) is 0 Å². The topological polar surface area (TPSA) is 78.9 Å². The Labute approximate surface area is 389 Å². The first-order chi connectivity index (χ1) is 31.0. The fourth-order valence-corrected chi connectivity index (χ4v) is 7.19. The van der Waals surface area contributed by atoms with E-state index in [0.717, 1.165) is 38.5 Å². The van der Waals surface area contributed by atoms with Gasteiger partial charge in [0.1, 0.15) is 13.2 Å². The van der Waals surface area contributed by atoms with Crippen LogP contribution in [0.5, 0.6) is 0 Å². The summed E-state index contributed by atoms with van der Waals surface area (Å²) in [5.74, 6) is -1.14. The fourth-order valence-electron chi connectivity index (χ4n) is 7.19. The molecular formula is C57H98O6. The summed E-state index contributed by atoms with van der Waals surface area (Å²) in [6.45, 7) is 6.49. The van der Waals surface area contributed by atoms with Crippen molar-refractivity contribution in [3.63, 3.8) is 0 Å². The third-order valence-corrected chi connectivity index (χ3v) is 11.2. The average Bonchev–Trinajstić information content (AvgIpc) is 3.28. The monoisotopic (exact) mass is 879 g/mol. The Hall–Kier alpha value is -3.15. The van der Waals surface area contributed by atoms with Gasteiger partial charge in [0, 0.05) is 19.3 Å². The minimum atomic E-state index is -0.850. The van der Waals surface area contributed by atoms with Gasteiger partial charge in [0.2, 0.25) is 0 Å². The summed E-state index contributed by atoms with van der Waals surface area (Å²) >= 11 is 0. The van der Waals surface area contributed by atoms with Crippen LogP contribution in [0, 0.1) is 0 Å². The van der Waals surface area contributed by atoms with E-state index in [4.69, 9.17) is 14.2 Å². The third-order valence-electron chi connectivity index (χ3n) is 11.2. The van der Waals surface area contributed by atoms with Crippen LogP contribution in [0.25, 0.3) is 0 Å². The van der Waals surface area contributed by atoms with Gasteiger partial charge in [-0.15, -0.1) is 0 Å². The number of hydrogen-bond donors (Lipinski definition) is 0. The van der Waals surface area contributed by atoms with Crippen LogP contribution < -0.4 is 0 Å². The molecule has 0 fully saturated rings. The molecule has 6 nitrogen and oxygen atoms in total. The predicted molar refractivity (Wildman–Crippen MR) is 270 cm³/mol. The van der Waals surface area contributed by atoms with Crippen LogP contribution in [0.1, 0.15) is 252 Å². The van der Waals surface area contributed by atoms with E-state index in [-0.39, 0.29) is 44.4 Å². The maximum atomic E-state index is 12.8. The molecule has 0 aromatic rings. The number of carbonyl (C=O) groups is 3. The predicted octanol–water partition coefficient (Wildman–Crippen LogP) is 17.4. The molecule has 0 N–H and O–H groups in total. The van der Waals surface area contributed by atoms with Crippen molar-refractivity contribution in [3.05, 3.63) is 72.9 Å². The Balaban J connectivity index is 4.58. The summed E-state index contributed by atoms with van der Waals surface area (Å²) in [5.41, 5.74) is 0. The van der Waals surface area contributed by atoms with Gasteiger partial charge >= 0.3 is 17.9 Å².